The molecule has 11 nitrogen and oxygen atoms in total. The molecule has 2 aromatic carbocycles. The average molecular weight is 742 g/mol. The van der Waals surface area contributed by atoms with Crippen LogP contribution in [0.3, 0.4) is 0 Å². The zero-order valence-corrected chi connectivity index (χ0v) is 31.0. The van der Waals surface area contributed by atoms with Crippen molar-refractivity contribution in [1.29, 1.82) is 0 Å². The quantitative estimate of drug-likeness (QED) is 0.139. The number of aryl methyl sites for hydroxylation is 3. The Kier molecular flexibility index (Phi) is 11.7. The second kappa shape index (κ2) is 16.9. The third kappa shape index (κ3) is 10.00. The van der Waals surface area contributed by atoms with Crippen LogP contribution in [0.5, 0.6) is 10.9 Å². The number of carboxylic acid groups (broad SMARTS) is 1. The third-order valence-electron chi connectivity index (χ3n) is 7.92. The highest BCUT2D eigenvalue weighted by Crippen LogP contribution is 2.30. The lowest BCUT2D eigenvalue weighted by Gasteiger charge is -2.15. The van der Waals surface area contributed by atoms with Crippen molar-refractivity contribution < 1.29 is 19.4 Å². The van der Waals surface area contributed by atoms with Crippen LogP contribution in [0.2, 0.25) is 0 Å². The van der Waals surface area contributed by atoms with Gasteiger partial charge >= 0.3 is 5.97 Å². The molecule has 13 heteroatoms. The Labute approximate surface area is 314 Å². The van der Waals surface area contributed by atoms with Crippen molar-refractivity contribution >= 4 is 34.6 Å². The molecule has 7 rings (SSSR count). The Bertz CT molecular complexity index is 2300. The summed E-state index contributed by atoms with van der Waals surface area (Å²) in [5.74, 6) is 0.0382. The minimum atomic E-state index is -0.936. The molecular formula is C40H35N7O4S2. The molecule has 0 fully saturated rings. The van der Waals surface area contributed by atoms with Gasteiger partial charge in [0, 0.05) is 76.6 Å². The summed E-state index contributed by atoms with van der Waals surface area (Å²) in [6.07, 6.45) is 11.1. The van der Waals surface area contributed by atoms with Gasteiger partial charge < -0.3 is 15.2 Å². The van der Waals surface area contributed by atoms with E-state index in [9.17, 15) is 14.7 Å². The van der Waals surface area contributed by atoms with Gasteiger partial charge in [-0.3, -0.25) is 14.8 Å². The Hall–Kier alpha value is -6.18. The van der Waals surface area contributed by atoms with Crippen LogP contribution >= 0.6 is 22.7 Å². The number of nitrogens with one attached hydrogen (secondary N) is 1. The van der Waals surface area contributed by atoms with Crippen molar-refractivity contribution in [1.82, 2.24) is 35.2 Å². The Morgan fingerprint density at radius 2 is 1.38 bits per heavy atom. The van der Waals surface area contributed by atoms with Crippen molar-refractivity contribution in [2.24, 2.45) is 0 Å². The number of amides is 1. The van der Waals surface area contributed by atoms with Gasteiger partial charge in [-0.25, -0.2) is 24.7 Å². The van der Waals surface area contributed by atoms with Crippen molar-refractivity contribution in [2.45, 2.75) is 40.2 Å². The van der Waals surface area contributed by atoms with E-state index in [2.05, 4.69) is 35.2 Å². The number of nitrogens with zero attached hydrogens (tertiary/aromatic N) is 6. The Morgan fingerprint density at radius 1 is 0.736 bits per heavy atom. The van der Waals surface area contributed by atoms with Crippen molar-refractivity contribution in [3.05, 3.63) is 153 Å². The Morgan fingerprint density at radius 3 is 1.96 bits per heavy atom. The molecule has 1 amide bonds. The number of pyridine rings is 2. The van der Waals surface area contributed by atoms with E-state index in [0.29, 0.717) is 28.8 Å². The number of aromatic nitrogens is 6. The van der Waals surface area contributed by atoms with E-state index >= 15 is 0 Å². The first kappa shape index (κ1) is 36.6. The maximum absolute atomic E-state index is 13.0. The Balaban J connectivity index is 0.000000192. The molecule has 5 heterocycles. The van der Waals surface area contributed by atoms with Crippen LogP contribution in [0.15, 0.2) is 109 Å². The van der Waals surface area contributed by atoms with Gasteiger partial charge in [0.05, 0.1) is 28.0 Å². The zero-order valence-electron chi connectivity index (χ0n) is 29.3. The second-order valence-corrected chi connectivity index (χ2v) is 14.0. The highest BCUT2D eigenvalue weighted by Gasteiger charge is 2.16. The summed E-state index contributed by atoms with van der Waals surface area (Å²) in [6, 6.07) is 18.2. The number of benzene rings is 2. The van der Waals surface area contributed by atoms with Gasteiger partial charge in [0.2, 0.25) is 0 Å². The fraction of sp³-hybridized carbons (Fsp3) is 0.150. The molecular weight excluding hydrogens is 707 g/mol. The maximum atomic E-state index is 13.0. The van der Waals surface area contributed by atoms with Crippen LogP contribution in [0, 0.1) is 20.8 Å². The van der Waals surface area contributed by atoms with Crippen LogP contribution < -0.4 is 10.1 Å². The maximum Gasteiger partial charge on any atom is 0.335 e. The van der Waals surface area contributed by atoms with Crippen LogP contribution in [-0.2, 0) is 6.42 Å². The number of hydrogen-bond donors (Lipinski definition) is 2. The molecule has 0 radical (unpaired) electrons. The molecule has 5 aromatic heterocycles. The van der Waals surface area contributed by atoms with Gasteiger partial charge in [-0.1, -0.05) is 23.5 Å². The molecule has 0 aliphatic heterocycles. The molecule has 0 aliphatic carbocycles. The number of carboxylic acids is 1. The largest absolute Gasteiger partial charge is 0.478 e. The number of rotatable bonds is 10. The molecule has 266 valence electrons. The van der Waals surface area contributed by atoms with Crippen LogP contribution in [0.25, 0.3) is 22.5 Å². The first-order chi connectivity index (χ1) is 25.6. The molecule has 7 aromatic rings. The summed E-state index contributed by atoms with van der Waals surface area (Å²) < 4.78 is 5.88. The fourth-order valence-electron chi connectivity index (χ4n) is 5.15. The number of carbonyl (C=O) groups is 2. The summed E-state index contributed by atoms with van der Waals surface area (Å²) in [4.78, 5) is 50.1. The van der Waals surface area contributed by atoms with E-state index < -0.39 is 5.97 Å². The molecule has 2 N–H and O–H groups in total. The number of thiazole rings is 2. The molecule has 0 saturated carbocycles. The monoisotopic (exact) mass is 741 g/mol. The van der Waals surface area contributed by atoms with E-state index in [-0.39, 0.29) is 17.5 Å². The minimum absolute atomic E-state index is 0.231. The smallest absolute Gasteiger partial charge is 0.335 e. The van der Waals surface area contributed by atoms with Crippen molar-refractivity contribution in [2.75, 3.05) is 0 Å². The van der Waals surface area contributed by atoms with E-state index in [4.69, 9.17) is 4.74 Å². The number of aromatic carboxylic acids is 1. The molecule has 0 saturated heterocycles. The highest BCUT2D eigenvalue weighted by atomic mass is 32.1. The number of carbonyl (C=O) groups excluding carboxylic acids is 1. The normalized spacial score (nSPS) is 11.2. The summed E-state index contributed by atoms with van der Waals surface area (Å²) >= 11 is 2.94. The summed E-state index contributed by atoms with van der Waals surface area (Å²) in [6.45, 7) is 7.66. The van der Waals surface area contributed by atoms with Gasteiger partial charge in [0.1, 0.15) is 11.6 Å². The number of hydrogen-bond acceptors (Lipinski definition) is 11. The predicted octanol–water partition coefficient (Wildman–Crippen LogP) is 8.70. The second-order valence-electron chi connectivity index (χ2n) is 12.2. The van der Waals surface area contributed by atoms with Crippen molar-refractivity contribution in [3.63, 3.8) is 0 Å². The van der Waals surface area contributed by atoms with Crippen LogP contribution in [0.1, 0.15) is 66.8 Å². The lowest BCUT2D eigenvalue weighted by molar-refractivity contribution is 0.0696. The zero-order chi connectivity index (χ0) is 37.3. The third-order valence-corrected chi connectivity index (χ3v) is 9.35. The van der Waals surface area contributed by atoms with E-state index in [1.54, 1.807) is 72.8 Å². The summed E-state index contributed by atoms with van der Waals surface area (Å²) in [5, 5.41) is 17.5. The van der Waals surface area contributed by atoms with E-state index in [1.807, 2.05) is 74.9 Å². The summed E-state index contributed by atoms with van der Waals surface area (Å²) in [5.41, 5.74) is 7.74. The number of ether oxygens (including phenoxy) is 1. The SMILES string of the molecule is Cc1ccc(-c2cc(Cc3nccs3)cc(C(=O)O)c2)nc1.Cc1ccc(-c2cc(Oc3nccs3)cc(C(=O)N[C@H](C)c3cnc(C)nc3)c2)nc1. The molecule has 0 bridgehead atoms. The van der Waals surface area contributed by atoms with Gasteiger partial charge in [-0.15, -0.1) is 11.3 Å². The van der Waals surface area contributed by atoms with Crippen LogP contribution in [0.4, 0.5) is 0 Å². The van der Waals surface area contributed by atoms with Gasteiger partial charge in [0.25, 0.3) is 11.1 Å². The lowest BCUT2D eigenvalue weighted by Crippen LogP contribution is -2.27. The molecule has 1 atom stereocenters. The average Bonchev–Trinajstić information content (AvgIpc) is 3.87. The fourth-order valence-corrected chi connectivity index (χ4v) is 6.30. The summed E-state index contributed by atoms with van der Waals surface area (Å²) in [7, 11) is 0. The van der Waals surface area contributed by atoms with E-state index in [0.717, 1.165) is 49.8 Å². The van der Waals surface area contributed by atoms with Gasteiger partial charge in [-0.05, 0) is 92.9 Å². The standard InChI is InChI=1S/C23H21N5O2S.C17H14N2O2S/c1-14-4-5-21(27-11-14)17-8-18(10-20(9-17)30-23-24-6-7-31-23)22(29)28-15(2)19-12-25-16(3)26-13-19;1-11-2-3-15(19-10-11)13-6-12(7-14(9-13)17(20)21)8-16-18-4-5-22-16/h4-13,15H,1-3H3,(H,28,29);2-7,9-10H,8H2,1H3,(H,20,21)/t15-;/m1./s1. The first-order valence-corrected chi connectivity index (χ1v) is 18.3. The topological polar surface area (TPSA) is 153 Å². The van der Waals surface area contributed by atoms with Gasteiger partial charge in [-0.2, -0.15) is 0 Å². The highest BCUT2D eigenvalue weighted by molar-refractivity contribution is 7.11. The molecule has 0 spiro atoms. The van der Waals surface area contributed by atoms with Crippen LogP contribution in [-0.4, -0.2) is 46.9 Å². The minimum Gasteiger partial charge on any atom is -0.478 e. The van der Waals surface area contributed by atoms with Crippen molar-refractivity contribution in [3.8, 4) is 33.5 Å². The molecule has 0 aliphatic rings. The lowest BCUT2D eigenvalue weighted by atomic mass is 10.0. The van der Waals surface area contributed by atoms with Gasteiger partial charge in [0.15, 0.2) is 0 Å². The molecule has 0 unspecified atom stereocenters. The first-order valence-electron chi connectivity index (χ1n) is 16.5. The predicted molar refractivity (Wildman–Crippen MR) is 206 cm³/mol. The van der Waals surface area contributed by atoms with E-state index in [1.165, 1.54) is 11.3 Å². The molecule has 53 heavy (non-hydrogen) atoms.